The van der Waals surface area contributed by atoms with Crippen molar-refractivity contribution in [3.05, 3.63) is 42.0 Å². The van der Waals surface area contributed by atoms with Gasteiger partial charge >= 0.3 is 5.97 Å². The van der Waals surface area contributed by atoms with Gasteiger partial charge < -0.3 is 14.6 Å². The molecule has 124 valence electrons. The standard InChI is InChI=1S/C17H15NO6/c1-23-16(22)9-3-2-4-10(7-9)18-14(20)12-11-5-6-17(8-19,24-11)13(12)15(18)21/h2-7,11-13,19H,8H2,1H3/t11-,12+,13-,17+/m0/s1. The molecule has 2 bridgehead atoms. The number of rotatable bonds is 3. The van der Waals surface area contributed by atoms with Gasteiger partial charge in [-0.3, -0.25) is 9.59 Å². The number of amides is 2. The highest BCUT2D eigenvalue weighted by Gasteiger charge is 2.67. The van der Waals surface area contributed by atoms with Crippen molar-refractivity contribution in [2.24, 2.45) is 11.8 Å². The third kappa shape index (κ3) is 1.76. The van der Waals surface area contributed by atoms with E-state index < -0.39 is 35.4 Å². The van der Waals surface area contributed by atoms with Crippen LogP contribution in [0.4, 0.5) is 5.69 Å². The van der Waals surface area contributed by atoms with E-state index in [-0.39, 0.29) is 18.1 Å². The van der Waals surface area contributed by atoms with Crippen LogP contribution in [-0.2, 0) is 19.1 Å². The highest BCUT2D eigenvalue weighted by Crippen LogP contribution is 2.52. The minimum Gasteiger partial charge on any atom is -0.465 e. The summed E-state index contributed by atoms with van der Waals surface area (Å²) in [4.78, 5) is 38.4. The Hall–Kier alpha value is -2.51. The molecule has 1 aromatic carbocycles. The summed E-state index contributed by atoms with van der Waals surface area (Å²) in [7, 11) is 1.26. The maximum atomic E-state index is 12.9. The lowest BCUT2D eigenvalue weighted by atomic mass is 9.77. The van der Waals surface area contributed by atoms with E-state index in [1.165, 1.54) is 13.2 Å². The predicted molar refractivity (Wildman–Crippen MR) is 81.1 cm³/mol. The molecule has 0 saturated carbocycles. The Kier molecular flexibility index (Phi) is 3.13. The molecule has 0 radical (unpaired) electrons. The normalized spacial score (nSPS) is 33.2. The average Bonchev–Trinajstić information content (AvgIpc) is 3.25. The van der Waals surface area contributed by atoms with E-state index in [4.69, 9.17) is 4.74 Å². The lowest BCUT2D eigenvalue weighted by Gasteiger charge is -2.26. The van der Waals surface area contributed by atoms with Gasteiger partial charge in [-0.05, 0) is 18.2 Å². The van der Waals surface area contributed by atoms with Crippen LogP contribution in [0, 0.1) is 11.8 Å². The van der Waals surface area contributed by atoms with Gasteiger partial charge in [-0.1, -0.05) is 18.2 Å². The molecule has 1 aromatic rings. The monoisotopic (exact) mass is 329 g/mol. The van der Waals surface area contributed by atoms with Gasteiger partial charge in [-0.2, -0.15) is 0 Å². The van der Waals surface area contributed by atoms with Gasteiger partial charge in [0, 0.05) is 0 Å². The summed E-state index contributed by atoms with van der Waals surface area (Å²) in [5, 5.41) is 9.68. The van der Waals surface area contributed by atoms with Crippen LogP contribution in [0.2, 0.25) is 0 Å². The first-order valence-corrected chi connectivity index (χ1v) is 7.56. The van der Waals surface area contributed by atoms with Crippen LogP contribution in [0.25, 0.3) is 0 Å². The Morgan fingerprint density at radius 3 is 2.88 bits per heavy atom. The van der Waals surface area contributed by atoms with E-state index in [1.54, 1.807) is 30.4 Å². The second-order valence-corrected chi connectivity index (χ2v) is 6.11. The number of nitrogens with zero attached hydrogens (tertiary/aromatic N) is 1. The fraction of sp³-hybridized carbons (Fsp3) is 0.353. The fourth-order valence-corrected chi connectivity index (χ4v) is 3.83. The molecular formula is C17H15NO6. The third-order valence-corrected chi connectivity index (χ3v) is 4.93. The number of anilines is 1. The summed E-state index contributed by atoms with van der Waals surface area (Å²) in [5.74, 6) is -2.74. The lowest BCUT2D eigenvalue weighted by molar-refractivity contribution is -0.128. The second kappa shape index (κ2) is 4.99. The van der Waals surface area contributed by atoms with Crippen LogP contribution in [0.15, 0.2) is 36.4 Å². The van der Waals surface area contributed by atoms with Crippen LogP contribution in [0.3, 0.4) is 0 Å². The minimum absolute atomic E-state index is 0.252. The quantitative estimate of drug-likeness (QED) is 0.486. The number of esters is 1. The predicted octanol–water partition coefficient (Wildman–Crippen LogP) is 0.278. The number of aliphatic hydroxyl groups is 1. The van der Waals surface area contributed by atoms with Crippen LogP contribution < -0.4 is 4.90 Å². The van der Waals surface area contributed by atoms with Crippen molar-refractivity contribution in [3.63, 3.8) is 0 Å². The molecule has 0 aromatic heterocycles. The number of ether oxygens (including phenoxy) is 2. The lowest BCUT2D eigenvalue weighted by Crippen LogP contribution is -2.43. The maximum Gasteiger partial charge on any atom is 0.337 e. The van der Waals surface area contributed by atoms with E-state index in [2.05, 4.69) is 4.74 Å². The van der Waals surface area contributed by atoms with Gasteiger partial charge in [0.2, 0.25) is 11.8 Å². The molecule has 1 N–H and O–H groups in total. The summed E-state index contributed by atoms with van der Waals surface area (Å²) < 4.78 is 10.3. The van der Waals surface area contributed by atoms with E-state index in [1.807, 2.05) is 0 Å². The van der Waals surface area contributed by atoms with Crippen LogP contribution >= 0.6 is 0 Å². The number of hydrogen-bond acceptors (Lipinski definition) is 6. The van der Waals surface area contributed by atoms with Crippen molar-refractivity contribution in [2.75, 3.05) is 18.6 Å². The van der Waals surface area contributed by atoms with Crippen LogP contribution in [0.1, 0.15) is 10.4 Å². The highest BCUT2D eigenvalue weighted by atomic mass is 16.5. The van der Waals surface area contributed by atoms with Crippen molar-refractivity contribution in [2.45, 2.75) is 11.7 Å². The Balaban J connectivity index is 1.73. The molecule has 0 aliphatic carbocycles. The fourth-order valence-electron chi connectivity index (χ4n) is 3.83. The van der Waals surface area contributed by atoms with Gasteiger partial charge in [0.1, 0.15) is 5.60 Å². The third-order valence-electron chi connectivity index (χ3n) is 4.93. The Labute approximate surface area is 137 Å². The molecule has 4 atom stereocenters. The van der Waals surface area contributed by atoms with E-state index in [0.717, 1.165) is 4.90 Å². The maximum absolute atomic E-state index is 12.9. The first-order valence-electron chi connectivity index (χ1n) is 7.56. The van der Waals surface area contributed by atoms with Crippen molar-refractivity contribution in [1.82, 2.24) is 0 Å². The van der Waals surface area contributed by atoms with Crippen LogP contribution in [-0.4, -0.2) is 48.3 Å². The van der Waals surface area contributed by atoms with E-state index in [0.29, 0.717) is 5.69 Å². The molecule has 0 spiro atoms. The first kappa shape index (κ1) is 15.0. The zero-order valence-corrected chi connectivity index (χ0v) is 12.8. The number of hydrogen-bond donors (Lipinski definition) is 1. The Morgan fingerprint density at radius 1 is 1.38 bits per heavy atom. The van der Waals surface area contributed by atoms with Crippen LogP contribution in [0.5, 0.6) is 0 Å². The number of fused-ring (bicyclic) bond motifs is 5. The molecule has 7 nitrogen and oxygen atoms in total. The molecule has 2 fully saturated rings. The number of carbonyl (C=O) groups excluding carboxylic acids is 3. The summed E-state index contributed by atoms with van der Waals surface area (Å²) in [6, 6.07) is 6.17. The van der Waals surface area contributed by atoms with Gasteiger partial charge in [-0.15, -0.1) is 0 Å². The number of methoxy groups -OCH3 is 1. The smallest absolute Gasteiger partial charge is 0.337 e. The molecule has 3 aliphatic rings. The first-order chi connectivity index (χ1) is 11.5. The molecule has 0 unspecified atom stereocenters. The average molecular weight is 329 g/mol. The minimum atomic E-state index is -1.13. The topological polar surface area (TPSA) is 93.1 Å². The molecule has 3 heterocycles. The summed E-state index contributed by atoms with van der Waals surface area (Å²) in [6.07, 6.45) is 2.88. The Bertz CT molecular complexity index is 787. The zero-order valence-electron chi connectivity index (χ0n) is 12.8. The van der Waals surface area contributed by atoms with Gasteiger partial charge in [-0.25, -0.2) is 9.69 Å². The number of aliphatic hydroxyl groups excluding tert-OH is 1. The van der Waals surface area contributed by atoms with Crippen molar-refractivity contribution in [1.29, 1.82) is 0 Å². The summed E-state index contributed by atoms with van der Waals surface area (Å²) >= 11 is 0. The SMILES string of the molecule is COC(=O)c1cccc(N2C(=O)[C@@H]3[C@@H]4C=C[C@](CO)(O4)[C@@H]3C2=O)c1. The molecule has 3 aliphatic heterocycles. The van der Waals surface area contributed by atoms with Crippen molar-refractivity contribution in [3.8, 4) is 0 Å². The molecule has 2 saturated heterocycles. The molecule has 7 heteroatoms. The zero-order chi connectivity index (χ0) is 17.1. The molecule has 2 amide bonds. The number of benzene rings is 1. The Morgan fingerprint density at radius 2 is 2.17 bits per heavy atom. The van der Waals surface area contributed by atoms with Gasteiger partial charge in [0.25, 0.3) is 0 Å². The molecule has 24 heavy (non-hydrogen) atoms. The second-order valence-electron chi connectivity index (χ2n) is 6.11. The highest BCUT2D eigenvalue weighted by molar-refractivity contribution is 6.23. The molecule has 4 rings (SSSR count). The van der Waals surface area contributed by atoms with E-state index >= 15 is 0 Å². The van der Waals surface area contributed by atoms with E-state index in [9.17, 15) is 19.5 Å². The number of carbonyl (C=O) groups is 3. The van der Waals surface area contributed by atoms with Crippen molar-refractivity contribution >= 4 is 23.5 Å². The van der Waals surface area contributed by atoms with Gasteiger partial charge in [0.05, 0.1) is 42.9 Å². The summed E-state index contributed by atoms with van der Waals surface area (Å²) in [5.41, 5.74) is -0.562. The largest absolute Gasteiger partial charge is 0.465 e. The summed E-state index contributed by atoms with van der Waals surface area (Å²) in [6.45, 7) is -0.365. The molecular weight excluding hydrogens is 314 g/mol. The van der Waals surface area contributed by atoms with Crippen molar-refractivity contribution < 1.29 is 29.0 Å². The van der Waals surface area contributed by atoms with Gasteiger partial charge in [0.15, 0.2) is 0 Å². The number of imide groups is 1.